The number of carbonyl (C=O) groups is 1. The number of carbonyl (C=O) groups excluding carboxylic acids is 1. The smallest absolute Gasteiger partial charge is 0.326 e. The molecule has 1 amide bonds. The van der Waals surface area contributed by atoms with Gasteiger partial charge in [-0.3, -0.25) is 9.69 Å². The fourth-order valence-corrected chi connectivity index (χ4v) is 4.81. The first-order valence-corrected chi connectivity index (χ1v) is 10.4. The molecule has 3 N–H and O–H groups in total. The molecule has 0 unspecified atom stereocenters. The van der Waals surface area contributed by atoms with Crippen molar-refractivity contribution in [2.45, 2.75) is 12.5 Å². The molecule has 2 saturated heterocycles. The lowest BCUT2D eigenvalue weighted by molar-refractivity contribution is -0.117. The lowest BCUT2D eigenvalue weighted by atomic mass is 9.97. The van der Waals surface area contributed by atoms with Gasteiger partial charge in [0.1, 0.15) is 30.3 Å². The number of phenols is 1. The van der Waals surface area contributed by atoms with Crippen LogP contribution in [0.4, 0.5) is 10.1 Å². The third kappa shape index (κ3) is 3.68. The molecule has 4 rings (SSSR count). The molecule has 0 saturated carbocycles. The molecule has 2 aromatic carbocycles. The highest BCUT2D eigenvalue weighted by molar-refractivity contribution is 7.92. The molecule has 9 nitrogen and oxygen atoms in total. The van der Waals surface area contributed by atoms with Crippen LogP contribution >= 0.6 is 0 Å². The van der Waals surface area contributed by atoms with E-state index >= 15 is 4.39 Å². The van der Waals surface area contributed by atoms with Gasteiger partial charge in [0.15, 0.2) is 5.82 Å². The van der Waals surface area contributed by atoms with E-state index in [2.05, 4.69) is 0 Å². The van der Waals surface area contributed by atoms with Crippen LogP contribution in [0.5, 0.6) is 11.5 Å². The summed E-state index contributed by atoms with van der Waals surface area (Å²) < 4.78 is 47.1. The fourth-order valence-electron chi connectivity index (χ4n) is 3.65. The van der Waals surface area contributed by atoms with Gasteiger partial charge in [-0.25, -0.2) is 13.4 Å². The monoisotopic (exact) mass is 425 g/mol. The predicted molar refractivity (Wildman–Crippen MR) is 103 cm³/mol. The minimum Gasteiger partial charge on any atom is -0.506 e. The summed E-state index contributed by atoms with van der Waals surface area (Å²) >= 11 is 0. The number of hydrogen-bond donors (Lipinski definition) is 3. The summed E-state index contributed by atoms with van der Waals surface area (Å²) in [4.78, 5) is 13.5. The van der Waals surface area contributed by atoms with Gasteiger partial charge < -0.3 is 14.9 Å². The van der Waals surface area contributed by atoms with Crippen LogP contribution < -0.4 is 13.8 Å². The van der Waals surface area contributed by atoms with E-state index in [-0.39, 0.29) is 5.39 Å². The number of nitrogens with zero attached hydrogens (tertiary/aromatic N) is 2. The quantitative estimate of drug-likeness (QED) is 0.631. The summed E-state index contributed by atoms with van der Waals surface area (Å²) in [6.45, 7) is 3.18. The van der Waals surface area contributed by atoms with Gasteiger partial charge in [0.2, 0.25) is 0 Å². The van der Waals surface area contributed by atoms with Crippen molar-refractivity contribution in [1.82, 2.24) is 9.62 Å². The number of nitrogens with one attached hydrogen (secondary N) is 1. The number of amides is 1. The first-order valence-electron chi connectivity index (χ1n) is 8.92. The van der Waals surface area contributed by atoms with Crippen molar-refractivity contribution in [2.75, 3.05) is 37.1 Å². The lowest BCUT2D eigenvalue weighted by Crippen LogP contribution is -2.60. The molecule has 29 heavy (non-hydrogen) atoms. The molecule has 2 aromatic rings. The number of phenolic OH excluding ortho intramolecular Hbond substituents is 1. The van der Waals surface area contributed by atoms with Crippen molar-refractivity contribution in [3.8, 4) is 11.5 Å². The Morgan fingerprint density at radius 2 is 2.03 bits per heavy atom. The molecule has 0 aliphatic carbocycles. The normalized spacial score (nSPS) is 20.5. The number of anilines is 1. The molecule has 0 atom stereocenters. The van der Waals surface area contributed by atoms with Crippen LogP contribution in [0.15, 0.2) is 24.3 Å². The Morgan fingerprint density at radius 3 is 2.66 bits per heavy atom. The van der Waals surface area contributed by atoms with E-state index in [0.717, 1.165) is 0 Å². The number of halogens is 1. The molecular weight excluding hydrogens is 405 g/mol. The zero-order valence-electron chi connectivity index (χ0n) is 15.6. The lowest BCUT2D eigenvalue weighted by Gasteiger charge is -2.44. The van der Waals surface area contributed by atoms with Crippen molar-refractivity contribution in [2.24, 2.45) is 0 Å². The summed E-state index contributed by atoms with van der Waals surface area (Å²) in [6, 6.07) is 5.81. The van der Waals surface area contributed by atoms with Gasteiger partial charge in [0.25, 0.3) is 5.91 Å². The van der Waals surface area contributed by atoms with Crippen LogP contribution in [0.25, 0.3) is 10.8 Å². The van der Waals surface area contributed by atoms with Gasteiger partial charge >= 0.3 is 10.2 Å². The van der Waals surface area contributed by atoms with E-state index in [4.69, 9.17) is 4.74 Å². The van der Waals surface area contributed by atoms with Crippen LogP contribution in [0.1, 0.15) is 6.92 Å². The molecule has 11 heteroatoms. The van der Waals surface area contributed by atoms with Crippen LogP contribution in [0.2, 0.25) is 0 Å². The highest BCUT2D eigenvalue weighted by atomic mass is 32.2. The Labute approximate surface area is 166 Å². The van der Waals surface area contributed by atoms with Crippen molar-refractivity contribution in [3.63, 3.8) is 0 Å². The molecule has 156 valence electrons. The van der Waals surface area contributed by atoms with E-state index in [0.29, 0.717) is 41.7 Å². The largest absolute Gasteiger partial charge is 0.506 e. The molecule has 0 aromatic heterocycles. The van der Waals surface area contributed by atoms with Gasteiger partial charge in [-0.05, 0) is 30.5 Å². The highest BCUT2D eigenvalue weighted by Gasteiger charge is 2.38. The third-order valence-corrected chi connectivity index (χ3v) is 6.26. The maximum absolute atomic E-state index is 15.1. The zero-order chi connectivity index (χ0) is 21.0. The summed E-state index contributed by atoms with van der Waals surface area (Å²) in [7, 11) is -4.27. The number of benzene rings is 2. The maximum atomic E-state index is 15.1. The van der Waals surface area contributed by atoms with Crippen LogP contribution in [0, 0.1) is 5.82 Å². The van der Waals surface area contributed by atoms with Gasteiger partial charge in [0.05, 0.1) is 5.60 Å². The van der Waals surface area contributed by atoms with Crippen LogP contribution in [-0.2, 0) is 15.0 Å². The molecule has 2 aliphatic rings. The highest BCUT2D eigenvalue weighted by Crippen LogP contribution is 2.39. The Morgan fingerprint density at radius 1 is 1.31 bits per heavy atom. The number of aliphatic hydroxyl groups is 1. The number of ether oxygens (including phenoxy) is 1. The van der Waals surface area contributed by atoms with Gasteiger partial charge in [-0.2, -0.15) is 8.42 Å². The van der Waals surface area contributed by atoms with Crippen molar-refractivity contribution < 1.29 is 32.6 Å². The van der Waals surface area contributed by atoms with Gasteiger partial charge in [0, 0.05) is 25.0 Å². The van der Waals surface area contributed by atoms with Crippen LogP contribution in [-0.4, -0.2) is 67.8 Å². The maximum Gasteiger partial charge on any atom is 0.326 e. The second kappa shape index (κ2) is 6.71. The second-order valence-corrected chi connectivity index (χ2v) is 9.13. The summed E-state index contributed by atoms with van der Waals surface area (Å²) in [5, 5.41) is 20.3. The average Bonchev–Trinajstić information content (AvgIpc) is 2.86. The number of fused-ring (bicyclic) bond motifs is 1. The summed E-state index contributed by atoms with van der Waals surface area (Å²) in [6.07, 6.45) is 0. The molecule has 2 aliphatic heterocycles. The average molecular weight is 425 g/mol. The Hall–Kier alpha value is -2.63. The second-order valence-electron chi connectivity index (χ2n) is 7.53. The molecule has 2 fully saturated rings. The van der Waals surface area contributed by atoms with Crippen molar-refractivity contribution >= 4 is 32.6 Å². The van der Waals surface area contributed by atoms with Crippen molar-refractivity contribution in [1.29, 1.82) is 0 Å². The molecule has 0 radical (unpaired) electrons. The number of rotatable bonds is 5. The first kappa shape index (κ1) is 19.7. The van der Waals surface area contributed by atoms with E-state index in [1.54, 1.807) is 23.8 Å². The fraction of sp³-hybridized carbons (Fsp3) is 0.389. The summed E-state index contributed by atoms with van der Waals surface area (Å²) in [5.41, 5.74) is -1.26. The Balaban J connectivity index is 1.58. The van der Waals surface area contributed by atoms with E-state index < -0.39 is 45.5 Å². The number of β-amino-alcohol motifs (C(OH)–C–C–N with tert-alkyl or cyclic N) is 1. The number of aromatic hydroxyl groups is 1. The van der Waals surface area contributed by atoms with E-state index in [9.17, 15) is 23.4 Å². The zero-order valence-corrected chi connectivity index (χ0v) is 16.4. The molecule has 0 bridgehead atoms. The topological polar surface area (TPSA) is 119 Å². The van der Waals surface area contributed by atoms with Gasteiger partial charge in [-0.15, -0.1) is 0 Å². The van der Waals surface area contributed by atoms with Gasteiger partial charge in [-0.1, -0.05) is 6.07 Å². The molecule has 2 heterocycles. The van der Waals surface area contributed by atoms with E-state index in [1.807, 2.05) is 4.90 Å². The minimum absolute atomic E-state index is 0.0525. The van der Waals surface area contributed by atoms with E-state index in [1.165, 1.54) is 12.1 Å². The molecule has 0 spiro atoms. The predicted octanol–water partition coefficient (Wildman–Crippen LogP) is 0.311. The minimum atomic E-state index is -4.27. The van der Waals surface area contributed by atoms with Crippen molar-refractivity contribution in [3.05, 3.63) is 30.1 Å². The Bertz CT molecular complexity index is 1100. The number of hydrogen-bond acceptors (Lipinski definition) is 7. The summed E-state index contributed by atoms with van der Waals surface area (Å²) in [5.74, 6) is -2.00. The molecular formula is C18H20FN3O6S. The van der Waals surface area contributed by atoms with Crippen LogP contribution in [0.3, 0.4) is 0 Å². The Kier molecular flexibility index (Phi) is 4.56. The first-order chi connectivity index (χ1) is 13.6. The standard InChI is InChI=1S/C18H20FN3O6S/c1-18(25)9-21(10-18)4-5-28-12-3-2-11-6-14(23)17(16(19)13(11)7-12)22-8-15(24)20-29(22,26)27/h2-3,6-7,23,25H,4-5,8-10H2,1H3,(H,20,24). The SMILES string of the molecule is CC1(O)CN(CCOc2ccc3cc(O)c(N4CC(=O)NS4(=O)=O)c(F)c3c2)C1. The third-order valence-electron chi connectivity index (χ3n) is 4.88. The number of likely N-dealkylation sites (tertiary alicyclic amines) is 1.